The van der Waals surface area contributed by atoms with Crippen molar-refractivity contribution in [1.82, 2.24) is 9.62 Å². The standard InChI is InChI=1S/C21H30N2O3S/c24-21(22-14-13-18-9-4-3-5-10-18)19-11-8-12-20(17-19)27(25,26)23-15-6-1-2-7-16-23/h8-9,11-12,17H,1-7,10,13-16H2,(H,22,24). The molecule has 5 nitrogen and oxygen atoms in total. The van der Waals surface area contributed by atoms with Gasteiger partial charge in [-0.25, -0.2) is 8.42 Å². The third-order valence-electron chi connectivity index (χ3n) is 5.42. The maximum absolute atomic E-state index is 12.9. The molecule has 1 fully saturated rings. The van der Waals surface area contributed by atoms with Crippen LogP contribution in [0.15, 0.2) is 40.8 Å². The second kappa shape index (κ2) is 9.51. The van der Waals surface area contributed by atoms with Crippen LogP contribution in [0.5, 0.6) is 0 Å². The quantitative estimate of drug-likeness (QED) is 0.750. The predicted octanol–water partition coefficient (Wildman–Crippen LogP) is 3.87. The van der Waals surface area contributed by atoms with E-state index in [1.807, 2.05) is 0 Å². The third kappa shape index (κ3) is 5.42. The summed E-state index contributed by atoms with van der Waals surface area (Å²) in [7, 11) is -3.53. The summed E-state index contributed by atoms with van der Waals surface area (Å²) in [6, 6.07) is 6.43. The van der Waals surface area contributed by atoms with E-state index in [0.717, 1.165) is 44.9 Å². The zero-order valence-corrected chi connectivity index (χ0v) is 16.8. The summed E-state index contributed by atoms with van der Waals surface area (Å²) in [5.74, 6) is -0.209. The van der Waals surface area contributed by atoms with Gasteiger partial charge in [0, 0.05) is 25.2 Å². The lowest BCUT2D eigenvalue weighted by Gasteiger charge is -2.20. The molecule has 1 saturated heterocycles. The first-order valence-electron chi connectivity index (χ1n) is 10.1. The van der Waals surface area contributed by atoms with E-state index in [-0.39, 0.29) is 10.8 Å². The van der Waals surface area contributed by atoms with Crippen molar-refractivity contribution in [3.63, 3.8) is 0 Å². The highest BCUT2D eigenvalue weighted by Gasteiger charge is 2.25. The number of nitrogens with one attached hydrogen (secondary N) is 1. The van der Waals surface area contributed by atoms with Gasteiger partial charge in [-0.05, 0) is 63.1 Å². The van der Waals surface area contributed by atoms with Crippen molar-refractivity contribution in [3.8, 4) is 0 Å². The van der Waals surface area contributed by atoms with Gasteiger partial charge in [-0.2, -0.15) is 4.31 Å². The number of carbonyl (C=O) groups excluding carboxylic acids is 1. The maximum atomic E-state index is 12.9. The van der Waals surface area contributed by atoms with Gasteiger partial charge in [0.15, 0.2) is 0 Å². The number of hydrogen-bond donors (Lipinski definition) is 1. The SMILES string of the molecule is O=C(NCCC1=CCCCC1)c1cccc(S(=O)(=O)N2CCCCCC2)c1. The molecule has 1 aliphatic heterocycles. The minimum atomic E-state index is -3.53. The molecule has 1 aromatic carbocycles. The summed E-state index contributed by atoms with van der Waals surface area (Å²) >= 11 is 0. The van der Waals surface area contributed by atoms with E-state index in [1.54, 1.807) is 22.5 Å². The Morgan fingerprint density at radius 3 is 2.52 bits per heavy atom. The van der Waals surface area contributed by atoms with Crippen molar-refractivity contribution < 1.29 is 13.2 Å². The normalized spacial score (nSPS) is 19.2. The summed E-state index contributed by atoms with van der Waals surface area (Å²) in [5.41, 5.74) is 1.82. The van der Waals surface area contributed by atoms with Crippen LogP contribution in [0, 0.1) is 0 Å². The number of benzene rings is 1. The first-order chi connectivity index (χ1) is 13.1. The summed E-state index contributed by atoms with van der Waals surface area (Å²) in [6.45, 7) is 1.72. The number of nitrogens with zero attached hydrogens (tertiary/aromatic N) is 1. The average Bonchev–Trinajstić information content (AvgIpc) is 2.99. The first kappa shape index (κ1) is 20.1. The molecule has 0 spiro atoms. The van der Waals surface area contributed by atoms with Gasteiger partial charge in [-0.3, -0.25) is 4.79 Å². The molecule has 0 aromatic heterocycles. The molecule has 1 amide bonds. The van der Waals surface area contributed by atoms with Crippen molar-refractivity contribution >= 4 is 15.9 Å². The highest BCUT2D eigenvalue weighted by atomic mass is 32.2. The van der Waals surface area contributed by atoms with Crippen molar-refractivity contribution in [2.75, 3.05) is 19.6 Å². The van der Waals surface area contributed by atoms with Gasteiger partial charge >= 0.3 is 0 Å². The second-order valence-electron chi connectivity index (χ2n) is 7.46. The van der Waals surface area contributed by atoms with Crippen molar-refractivity contribution in [1.29, 1.82) is 0 Å². The second-order valence-corrected chi connectivity index (χ2v) is 9.40. The van der Waals surface area contributed by atoms with Crippen molar-refractivity contribution in [2.45, 2.75) is 62.7 Å². The maximum Gasteiger partial charge on any atom is 0.251 e. The molecule has 1 aromatic rings. The van der Waals surface area contributed by atoms with Gasteiger partial charge in [0.1, 0.15) is 0 Å². The molecule has 1 aliphatic carbocycles. The highest BCUT2D eigenvalue weighted by Crippen LogP contribution is 2.22. The van der Waals surface area contributed by atoms with E-state index in [1.165, 1.54) is 24.5 Å². The molecule has 0 saturated carbocycles. The Hall–Kier alpha value is -1.66. The Morgan fingerprint density at radius 2 is 1.81 bits per heavy atom. The molecule has 0 bridgehead atoms. The number of amides is 1. The number of hydrogen-bond acceptors (Lipinski definition) is 3. The van der Waals surface area contributed by atoms with Gasteiger partial charge in [-0.1, -0.05) is 30.6 Å². The van der Waals surface area contributed by atoms with E-state index in [9.17, 15) is 13.2 Å². The summed E-state index contributed by atoms with van der Waals surface area (Å²) in [4.78, 5) is 12.7. The Kier molecular flexibility index (Phi) is 7.07. The van der Waals surface area contributed by atoms with Crippen LogP contribution in [0.25, 0.3) is 0 Å². The molecule has 1 N–H and O–H groups in total. The van der Waals surface area contributed by atoms with E-state index >= 15 is 0 Å². The first-order valence-corrected chi connectivity index (χ1v) is 11.6. The highest BCUT2D eigenvalue weighted by molar-refractivity contribution is 7.89. The number of carbonyl (C=O) groups is 1. The van der Waals surface area contributed by atoms with Gasteiger partial charge in [0.25, 0.3) is 5.91 Å². The number of rotatable bonds is 6. The van der Waals surface area contributed by atoms with Crippen LogP contribution >= 0.6 is 0 Å². The van der Waals surface area contributed by atoms with Crippen LogP contribution in [-0.2, 0) is 10.0 Å². The fourth-order valence-corrected chi connectivity index (χ4v) is 5.36. The third-order valence-corrected chi connectivity index (χ3v) is 7.31. The zero-order chi connectivity index (χ0) is 19.1. The Morgan fingerprint density at radius 1 is 1.04 bits per heavy atom. The fourth-order valence-electron chi connectivity index (χ4n) is 3.80. The lowest BCUT2D eigenvalue weighted by Crippen LogP contribution is -2.32. The van der Waals surface area contributed by atoms with Crippen LogP contribution in [0.2, 0.25) is 0 Å². The topological polar surface area (TPSA) is 66.5 Å². The van der Waals surface area contributed by atoms with Crippen LogP contribution < -0.4 is 5.32 Å². The largest absolute Gasteiger partial charge is 0.352 e. The zero-order valence-electron chi connectivity index (χ0n) is 16.0. The molecule has 148 valence electrons. The summed E-state index contributed by atoms with van der Waals surface area (Å²) < 4.78 is 27.4. The molecule has 0 unspecified atom stereocenters. The van der Waals surface area contributed by atoms with Crippen LogP contribution in [0.4, 0.5) is 0 Å². The van der Waals surface area contributed by atoms with E-state index < -0.39 is 10.0 Å². The van der Waals surface area contributed by atoms with Crippen molar-refractivity contribution in [3.05, 3.63) is 41.5 Å². The molecule has 0 radical (unpaired) electrons. The summed E-state index contributed by atoms with van der Waals surface area (Å²) in [6.07, 6.45) is 11.9. The molecular weight excluding hydrogens is 360 g/mol. The molecule has 27 heavy (non-hydrogen) atoms. The smallest absolute Gasteiger partial charge is 0.251 e. The lowest BCUT2D eigenvalue weighted by atomic mass is 9.97. The van der Waals surface area contributed by atoms with Gasteiger partial charge in [-0.15, -0.1) is 0 Å². The number of sulfonamides is 1. The Labute approximate surface area is 162 Å². The van der Waals surface area contributed by atoms with E-state index in [2.05, 4.69) is 11.4 Å². The molecule has 6 heteroatoms. The van der Waals surface area contributed by atoms with Crippen LogP contribution in [0.3, 0.4) is 0 Å². The minimum Gasteiger partial charge on any atom is -0.352 e. The lowest BCUT2D eigenvalue weighted by molar-refractivity contribution is 0.0954. The van der Waals surface area contributed by atoms with Crippen molar-refractivity contribution in [2.24, 2.45) is 0 Å². The van der Waals surface area contributed by atoms with Gasteiger partial charge in [0.05, 0.1) is 4.90 Å². The minimum absolute atomic E-state index is 0.209. The monoisotopic (exact) mass is 390 g/mol. The summed E-state index contributed by atoms with van der Waals surface area (Å²) in [5, 5.41) is 2.93. The molecular formula is C21H30N2O3S. The van der Waals surface area contributed by atoms with Crippen LogP contribution in [-0.4, -0.2) is 38.3 Å². The Balaban J connectivity index is 1.63. The molecule has 2 aliphatic rings. The molecule has 1 heterocycles. The molecule has 3 rings (SSSR count). The number of allylic oxidation sites excluding steroid dienone is 1. The predicted molar refractivity (Wildman–Crippen MR) is 107 cm³/mol. The Bertz CT molecular complexity index is 778. The average molecular weight is 391 g/mol. The van der Waals surface area contributed by atoms with Crippen LogP contribution in [0.1, 0.15) is 68.1 Å². The van der Waals surface area contributed by atoms with Gasteiger partial charge in [0.2, 0.25) is 10.0 Å². The van der Waals surface area contributed by atoms with E-state index in [4.69, 9.17) is 0 Å². The fraction of sp³-hybridized carbons (Fsp3) is 0.571. The van der Waals surface area contributed by atoms with Gasteiger partial charge < -0.3 is 5.32 Å². The van der Waals surface area contributed by atoms with E-state index in [0.29, 0.717) is 25.2 Å². The molecule has 0 atom stereocenters.